The van der Waals surface area contributed by atoms with Gasteiger partial charge in [0.1, 0.15) is 5.02 Å². The minimum atomic E-state index is -0.262. The lowest BCUT2D eigenvalue weighted by Crippen LogP contribution is -2.26. The molecule has 0 fully saturated rings. The van der Waals surface area contributed by atoms with E-state index in [0.29, 0.717) is 24.7 Å². The van der Waals surface area contributed by atoms with Crippen molar-refractivity contribution < 1.29 is 0 Å². The van der Waals surface area contributed by atoms with Crippen LogP contribution in [0.1, 0.15) is 25.0 Å². The maximum atomic E-state index is 12.1. The molecule has 1 N–H and O–H groups in total. The molecule has 2 rings (SSSR count). The van der Waals surface area contributed by atoms with Gasteiger partial charge in [-0.1, -0.05) is 25.4 Å². The molecule has 0 aliphatic rings. The second-order valence-corrected chi connectivity index (χ2v) is 5.79. The highest BCUT2D eigenvalue weighted by Crippen LogP contribution is 2.17. The number of hydrogen-bond acceptors (Lipinski definition) is 4. The second kappa shape index (κ2) is 6.72. The van der Waals surface area contributed by atoms with E-state index in [-0.39, 0.29) is 10.6 Å². The van der Waals surface area contributed by atoms with Gasteiger partial charge in [0.05, 0.1) is 11.9 Å². The van der Waals surface area contributed by atoms with E-state index >= 15 is 0 Å². The summed E-state index contributed by atoms with van der Waals surface area (Å²) < 4.78 is 1.40. The zero-order valence-corrected chi connectivity index (χ0v) is 13.2. The summed E-state index contributed by atoms with van der Waals surface area (Å²) in [5, 5.41) is 7.49. The molecule has 6 heteroatoms. The van der Waals surface area contributed by atoms with E-state index in [1.54, 1.807) is 18.6 Å². The molecule has 0 spiro atoms. The number of rotatable bonds is 5. The minimum absolute atomic E-state index is 0.178. The van der Waals surface area contributed by atoms with Crippen molar-refractivity contribution in [2.45, 2.75) is 33.9 Å². The monoisotopic (exact) mass is 306 g/mol. The fraction of sp³-hybridized carbons (Fsp3) is 0.400. The van der Waals surface area contributed by atoms with Gasteiger partial charge in [0.15, 0.2) is 0 Å². The predicted molar refractivity (Wildman–Crippen MR) is 84.6 cm³/mol. The molecule has 0 bridgehead atoms. The summed E-state index contributed by atoms with van der Waals surface area (Å²) in [7, 11) is 0. The minimum Gasteiger partial charge on any atom is -0.378 e. The molecular weight excluding hydrogens is 288 g/mol. The lowest BCUT2D eigenvalue weighted by molar-refractivity contribution is 0.464. The molecular formula is C15H19ClN4O. The molecule has 0 radical (unpaired) electrons. The summed E-state index contributed by atoms with van der Waals surface area (Å²) in [5.41, 5.74) is 2.48. The zero-order chi connectivity index (χ0) is 15.4. The van der Waals surface area contributed by atoms with Crippen LogP contribution in [0.15, 0.2) is 29.5 Å². The third-order valence-electron chi connectivity index (χ3n) is 3.13. The van der Waals surface area contributed by atoms with Gasteiger partial charge in [-0.2, -0.15) is 5.10 Å². The summed E-state index contributed by atoms with van der Waals surface area (Å²) >= 11 is 6.14. The standard InChI is InChI=1S/C15H19ClN4O/c1-10(2)9-20-15(21)14(16)13(8-19-20)18-7-12-4-5-17-6-11(12)3/h4-6,8,10,18H,7,9H2,1-3H3. The Bertz CT molecular complexity index is 682. The fourth-order valence-corrected chi connectivity index (χ4v) is 2.17. The summed E-state index contributed by atoms with van der Waals surface area (Å²) in [6.45, 7) is 7.18. The van der Waals surface area contributed by atoms with Crippen LogP contribution in [-0.4, -0.2) is 14.8 Å². The molecule has 0 saturated heterocycles. The molecule has 0 amide bonds. The molecule has 0 saturated carbocycles. The van der Waals surface area contributed by atoms with E-state index in [1.807, 2.05) is 26.8 Å². The van der Waals surface area contributed by atoms with Gasteiger partial charge >= 0.3 is 0 Å². The number of nitrogens with one attached hydrogen (secondary N) is 1. The van der Waals surface area contributed by atoms with Crippen molar-refractivity contribution in [3.05, 3.63) is 51.2 Å². The highest BCUT2D eigenvalue weighted by Gasteiger charge is 2.10. The number of aryl methyl sites for hydroxylation is 1. The highest BCUT2D eigenvalue weighted by atomic mass is 35.5. The van der Waals surface area contributed by atoms with Crippen LogP contribution in [0.4, 0.5) is 5.69 Å². The van der Waals surface area contributed by atoms with Crippen molar-refractivity contribution in [3.8, 4) is 0 Å². The molecule has 0 aromatic carbocycles. The molecule has 0 unspecified atom stereocenters. The Kier molecular flexibility index (Phi) is 4.96. The number of nitrogens with zero attached hydrogens (tertiary/aromatic N) is 3. The Labute approximate surface area is 129 Å². The average Bonchev–Trinajstić information content (AvgIpc) is 2.44. The highest BCUT2D eigenvalue weighted by molar-refractivity contribution is 6.32. The number of pyridine rings is 1. The van der Waals surface area contributed by atoms with Gasteiger partial charge in [-0.25, -0.2) is 4.68 Å². The van der Waals surface area contributed by atoms with E-state index in [4.69, 9.17) is 11.6 Å². The van der Waals surface area contributed by atoms with E-state index in [9.17, 15) is 4.79 Å². The molecule has 2 aromatic rings. The van der Waals surface area contributed by atoms with Crippen LogP contribution in [0.3, 0.4) is 0 Å². The maximum Gasteiger partial charge on any atom is 0.287 e. The summed E-state index contributed by atoms with van der Waals surface area (Å²) in [6, 6.07) is 1.93. The van der Waals surface area contributed by atoms with Crippen molar-refractivity contribution in [1.82, 2.24) is 14.8 Å². The molecule has 0 aliphatic carbocycles. The Morgan fingerprint density at radius 2 is 2.14 bits per heavy atom. The van der Waals surface area contributed by atoms with Crippen LogP contribution in [0.5, 0.6) is 0 Å². The van der Waals surface area contributed by atoms with Crippen LogP contribution < -0.4 is 10.9 Å². The first-order chi connectivity index (χ1) is 9.99. The topological polar surface area (TPSA) is 59.8 Å². The van der Waals surface area contributed by atoms with Crippen LogP contribution in [0.2, 0.25) is 5.02 Å². The average molecular weight is 307 g/mol. The molecule has 112 valence electrons. The number of hydrogen-bond donors (Lipinski definition) is 1. The Morgan fingerprint density at radius 1 is 1.38 bits per heavy atom. The molecule has 0 aliphatic heterocycles. The molecule has 0 atom stereocenters. The third kappa shape index (κ3) is 3.82. The fourth-order valence-electron chi connectivity index (χ4n) is 1.96. The van der Waals surface area contributed by atoms with E-state index < -0.39 is 0 Å². The van der Waals surface area contributed by atoms with Crippen LogP contribution >= 0.6 is 11.6 Å². The Balaban J connectivity index is 2.17. The number of aromatic nitrogens is 3. The van der Waals surface area contributed by atoms with E-state index in [0.717, 1.165) is 11.1 Å². The Morgan fingerprint density at radius 3 is 2.81 bits per heavy atom. The third-order valence-corrected chi connectivity index (χ3v) is 3.49. The lowest BCUT2D eigenvalue weighted by atomic mass is 10.1. The lowest BCUT2D eigenvalue weighted by Gasteiger charge is -2.12. The summed E-state index contributed by atoms with van der Waals surface area (Å²) in [5.74, 6) is 0.338. The van der Waals surface area contributed by atoms with Gasteiger partial charge in [-0.05, 0) is 30.0 Å². The van der Waals surface area contributed by atoms with Crippen LogP contribution in [-0.2, 0) is 13.1 Å². The number of anilines is 1. The molecule has 2 aromatic heterocycles. The molecule has 21 heavy (non-hydrogen) atoms. The largest absolute Gasteiger partial charge is 0.378 e. The molecule has 5 nitrogen and oxygen atoms in total. The Hall–Kier alpha value is -1.88. The van der Waals surface area contributed by atoms with Crippen molar-refractivity contribution in [1.29, 1.82) is 0 Å². The van der Waals surface area contributed by atoms with Crippen molar-refractivity contribution in [2.24, 2.45) is 5.92 Å². The van der Waals surface area contributed by atoms with Crippen LogP contribution in [0.25, 0.3) is 0 Å². The first kappa shape index (κ1) is 15.5. The van der Waals surface area contributed by atoms with E-state index in [2.05, 4.69) is 15.4 Å². The van der Waals surface area contributed by atoms with Gasteiger partial charge in [-0.15, -0.1) is 0 Å². The summed E-state index contributed by atoms with van der Waals surface area (Å²) in [4.78, 5) is 16.2. The van der Waals surface area contributed by atoms with Crippen molar-refractivity contribution in [3.63, 3.8) is 0 Å². The maximum absolute atomic E-state index is 12.1. The first-order valence-electron chi connectivity index (χ1n) is 6.88. The van der Waals surface area contributed by atoms with Gasteiger partial charge in [-0.3, -0.25) is 9.78 Å². The second-order valence-electron chi connectivity index (χ2n) is 5.41. The zero-order valence-electron chi connectivity index (χ0n) is 12.4. The molecule has 2 heterocycles. The quantitative estimate of drug-likeness (QED) is 0.923. The van der Waals surface area contributed by atoms with E-state index in [1.165, 1.54) is 4.68 Å². The number of halogens is 1. The smallest absolute Gasteiger partial charge is 0.287 e. The van der Waals surface area contributed by atoms with Gasteiger partial charge < -0.3 is 5.32 Å². The van der Waals surface area contributed by atoms with Gasteiger partial charge in [0, 0.05) is 25.5 Å². The first-order valence-corrected chi connectivity index (χ1v) is 7.25. The normalized spacial score (nSPS) is 10.9. The van der Waals surface area contributed by atoms with Gasteiger partial charge in [0.2, 0.25) is 0 Å². The van der Waals surface area contributed by atoms with Crippen LogP contribution in [0, 0.1) is 12.8 Å². The van der Waals surface area contributed by atoms with Crippen molar-refractivity contribution >= 4 is 17.3 Å². The summed E-state index contributed by atoms with van der Waals surface area (Å²) in [6.07, 6.45) is 5.14. The van der Waals surface area contributed by atoms with Gasteiger partial charge in [0.25, 0.3) is 5.56 Å². The predicted octanol–water partition coefficient (Wildman–Crippen LogP) is 2.87. The SMILES string of the molecule is Cc1cnccc1CNc1cnn(CC(C)C)c(=O)c1Cl. The van der Waals surface area contributed by atoms with Crippen molar-refractivity contribution in [2.75, 3.05) is 5.32 Å².